The molecular weight excluding hydrogens is 254 g/mol. The minimum atomic E-state index is -0.374. The first-order valence-corrected chi connectivity index (χ1v) is 6.94. The van der Waals surface area contributed by atoms with Crippen molar-refractivity contribution in [2.75, 3.05) is 5.32 Å². The molecule has 4 heteroatoms. The molecule has 0 aliphatic heterocycles. The summed E-state index contributed by atoms with van der Waals surface area (Å²) in [6.45, 7) is 3.97. The van der Waals surface area contributed by atoms with Gasteiger partial charge >= 0.3 is 5.63 Å². The summed E-state index contributed by atoms with van der Waals surface area (Å²) in [6.07, 6.45) is 3.56. The quantitative estimate of drug-likeness (QED) is 0.668. The highest BCUT2D eigenvalue weighted by molar-refractivity contribution is 5.93. The second kappa shape index (κ2) is 6.37. The first-order valence-electron chi connectivity index (χ1n) is 6.94. The van der Waals surface area contributed by atoms with Crippen molar-refractivity contribution < 1.29 is 9.21 Å². The van der Waals surface area contributed by atoms with Gasteiger partial charge in [-0.3, -0.25) is 4.79 Å². The van der Waals surface area contributed by atoms with Crippen LogP contribution in [0.25, 0.3) is 11.0 Å². The van der Waals surface area contributed by atoms with Crippen LogP contribution in [0.15, 0.2) is 33.5 Å². The fraction of sp³-hybridized carbons (Fsp3) is 0.375. The number of nitrogens with one attached hydrogen (secondary N) is 1. The predicted octanol–water partition coefficient (Wildman–Crippen LogP) is 3.62. The Bertz CT molecular complexity index is 673. The third kappa shape index (κ3) is 3.47. The third-order valence-electron chi connectivity index (χ3n) is 3.24. The minimum absolute atomic E-state index is 0.00667. The smallest absolute Gasteiger partial charge is 0.336 e. The zero-order valence-electron chi connectivity index (χ0n) is 11.9. The molecular formula is C16H19NO3. The molecule has 1 aromatic heterocycles. The lowest BCUT2D eigenvalue weighted by Crippen LogP contribution is -2.11. The molecule has 2 aromatic rings. The fourth-order valence-electron chi connectivity index (χ4n) is 2.16. The van der Waals surface area contributed by atoms with Crippen molar-refractivity contribution in [3.63, 3.8) is 0 Å². The van der Waals surface area contributed by atoms with E-state index in [0.717, 1.165) is 30.2 Å². The Morgan fingerprint density at radius 1 is 1.25 bits per heavy atom. The van der Waals surface area contributed by atoms with Gasteiger partial charge in [0.2, 0.25) is 5.91 Å². The van der Waals surface area contributed by atoms with Crippen LogP contribution in [0.1, 0.15) is 38.2 Å². The number of anilines is 1. The van der Waals surface area contributed by atoms with Gasteiger partial charge in [-0.1, -0.05) is 19.8 Å². The van der Waals surface area contributed by atoms with Gasteiger partial charge in [-0.2, -0.15) is 0 Å². The molecule has 0 spiro atoms. The van der Waals surface area contributed by atoms with E-state index < -0.39 is 0 Å². The Hall–Kier alpha value is -2.10. The summed E-state index contributed by atoms with van der Waals surface area (Å²) in [7, 11) is 0. The summed E-state index contributed by atoms with van der Waals surface area (Å²) in [5, 5.41) is 3.71. The summed E-state index contributed by atoms with van der Waals surface area (Å²) in [5.41, 5.74) is 1.66. The van der Waals surface area contributed by atoms with Gasteiger partial charge < -0.3 is 9.73 Å². The van der Waals surface area contributed by atoms with E-state index in [4.69, 9.17) is 4.42 Å². The van der Waals surface area contributed by atoms with E-state index >= 15 is 0 Å². The lowest BCUT2D eigenvalue weighted by molar-refractivity contribution is -0.116. The van der Waals surface area contributed by atoms with Gasteiger partial charge in [-0.15, -0.1) is 0 Å². The molecule has 0 unspecified atom stereocenters. The Balaban J connectivity index is 2.15. The van der Waals surface area contributed by atoms with Crippen molar-refractivity contribution in [1.29, 1.82) is 0 Å². The second-order valence-electron chi connectivity index (χ2n) is 4.96. The standard InChI is InChI=1S/C16H19NO3/c1-3-4-5-6-15(18)17-12-7-8-13-11(2)9-16(19)20-14(13)10-12/h7-10H,3-6H2,1-2H3,(H,17,18). The van der Waals surface area contributed by atoms with Crippen LogP contribution < -0.4 is 10.9 Å². The average molecular weight is 273 g/mol. The van der Waals surface area contributed by atoms with Crippen LogP contribution in [0.5, 0.6) is 0 Å². The van der Waals surface area contributed by atoms with Crippen LogP contribution in [-0.2, 0) is 4.79 Å². The molecule has 0 saturated heterocycles. The highest BCUT2D eigenvalue weighted by atomic mass is 16.4. The Morgan fingerprint density at radius 3 is 2.80 bits per heavy atom. The first kappa shape index (κ1) is 14.3. The highest BCUT2D eigenvalue weighted by Gasteiger charge is 2.06. The molecule has 1 N–H and O–H groups in total. The molecule has 1 amide bonds. The summed E-state index contributed by atoms with van der Waals surface area (Å²) in [5.74, 6) is -0.00667. The number of hydrogen-bond donors (Lipinski definition) is 1. The number of aryl methyl sites for hydroxylation is 1. The van der Waals surface area contributed by atoms with Crippen molar-refractivity contribution in [2.45, 2.75) is 39.5 Å². The van der Waals surface area contributed by atoms with E-state index in [0.29, 0.717) is 17.7 Å². The van der Waals surface area contributed by atoms with Crippen LogP contribution in [0.4, 0.5) is 5.69 Å². The molecule has 0 fully saturated rings. The molecule has 0 radical (unpaired) electrons. The van der Waals surface area contributed by atoms with Crippen molar-refractivity contribution in [3.05, 3.63) is 40.2 Å². The van der Waals surface area contributed by atoms with E-state index in [9.17, 15) is 9.59 Å². The number of benzene rings is 1. The lowest BCUT2D eigenvalue weighted by Gasteiger charge is -2.06. The van der Waals surface area contributed by atoms with Gasteiger partial charge in [0.15, 0.2) is 0 Å². The van der Waals surface area contributed by atoms with E-state index in [-0.39, 0.29) is 11.5 Å². The van der Waals surface area contributed by atoms with Gasteiger partial charge in [-0.25, -0.2) is 4.79 Å². The maximum atomic E-state index is 11.8. The number of rotatable bonds is 5. The average Bonchev–Trinajstić information content (AvgIpc) is 2.38. The zero-order valence-corrected chi connectivity index (χ0v) is 11.9. The van der Waals surface area contributed by atoms with Gasteiger partial charge in [-0.05, 0) is 31.0 Å². The number of unbranched alkanes of at least 4 members (excludes halogenated alkanes) is 2. The summed E-state index contributed by atoms with van der Waals surface area (Å²) < 4.78 is 5.16. The van der Waals surface area contributed by atoms with Crippen molar-refractivity contribution in [1.82, 2.24) is 0 Å². The van der Waals surface area contributed by atoms with Crippen LogP contribution in [0.3, 0.4) is 0 Å². The molecule has 0 aliphatic rings. The Kier molecular flexibility index (Phi) is 4.56. The van der Waals surface area contributed by atoms with E-state index in [1.807, 2.05) is 19.1 Å². The lowest BCUT2D eigenvalue weighted by atomic mass is 10.1. The minimum Gasteiger partial charge on any atom is -0.423 e. The zero-order chi connectivity index (χ0) is 14.5. The molecule has 106 valence electrons. The molecule has 1 aromatic carbocycles. The summed E-state index contributed by atoms with van der Waals surface area (Å²) in [6, 6.07) is 6.84. The van der Waals surface area contributed by atoms with Crippen LogP contribution in [-0.4, -0.2) is 5.91 Å². The number of hydrogen-bond acceptors (Lipinski definition) is 3. The predicted molar refractivity (Wildman–Crippen MR) is 80.0 cm³/mol. The van der Waals surface area contributed by atoms with Crippen LogP contribution >= 0.6 is 0 Å². The van der Waals surface area contributed by atoms with Crippen molar-refractivity contribution in [3.8, 4) is 0 Å². The molecule has 0 atom stereocenters. The topological polar surface area (TPSA) is 59.3 Å². The van der Waals surface area contributed by atoms with Crippen molar-refractivity contribution in [2.24, 2.45) is 0 Å². The maximum absolute atomic E-state index is 11.8. The second-order valence-corrected chi connectivity index (χ2v) is 4.96. The number of fused-ring (bicyclic) bond motifs is 1. The largest absolute Gasteiger partial charge is 0.423 e. The van der Waals surface area contributed by atoms with E-state index in [1.54, 1.807) is 6.07 Å². The van der Waals surface area contributed by atoms with Gasteiger partial charge in [0.1, 0.15) is 5.58 Å². The maximum Gasteiger partial charge on any atom is 0.336 e. The van der Waals surface area contributed by atoms with Gasteiger partial charge in [0.05, 0.1) is 0 Å². The van der Waals surface area contributed by atoms with Crippen LogP contribution in [0, 0.1) is 6.92 Å². The molecule has 2 rings (SSSR count). The molecule has 4 nitrogen and oxygen atoms in total. The van der Waals surface area contributed by atoms with Crippen molar-refractivity contribution >= 4 is 22.6 Å². The van der Waals surface area contributed by atoms with Gasteiger partial charge in [0, 0.05) is 29.6 Å². The molecule has 0 saturated carbocycles. The first-order chi connectivity index (χ1) is 9.60. The van der Waals surface area contributed by atoms with E-state index in [2.05, 4.69) is 12.2 Å². The fourth-order valence-corrected chi connectivity index (χ4v) is 2.16. The SMILES string of the molecule is CCCCCC(=O)Nc1ccc2c(C)cc(=O)oc2c1. The monoisotopic (exact) mass is 273 g/mol. The summed E-state index contributed by atoms with van der Waals surface area (Å²) >= 11 is 0. The van der Waals surface area contributed by atoms with Crippen LogP contribution in [0.2, 0.25) is 0 Å². The number of amides is 1. The highest BCUT2D eigenvalue weighted by Crippen LogP contribution is 2.20. The Labute approximate surface area is 117 Å². The third-order valence-corrected chi connectivity index (χ3v) is 3.24. The summed E-state index contributed by atoms with van der Waals surface area (Å²) in [4.78, 5) is 23.1. The normalized spacial score (nSPS) is 10.7. The molecule has 0 bridgehead atoms. The van der Waals surface area contributed by atoms with E-state index in [1.165, 1.54) is 6.07 Å². The van der Waals surface area contributed by atoms with Gasteiger partial charge in [0.25, 0.3) is 0 Å². The Morgan fingerprint density at radius 2 is 2.05 bits per heavy atom. The molecule has 20 heavy (non-hydrogen) atoms. The number of carbonyl (C=O) groups is 1. The molecule has 0 aliphatic carbocycles. The number of carbonyl (C=O) groups excluding carboxylic acids is 1. The molecule has 1 heterocycles.